The standard InChI is InChI=1S/C18H22.3C12H16.2C9H18.C9H16.C8H16.8CH3.8ClH.4Zr/c1-2-7-15(8-3-1)9-6-11-17-14-13-16-10-4-5-12-18(16)17;3*1-2-5-10-8-9-11-6-3-4-7-12(10)11;3*1-2-3-6-9-7-4-5-8-9;1-2-5-8-6-3-4-7-8;;;;;;;;;;;;;;;;;;;;/h1-5,7-8,10,12,16-18H,6,9,11,13-14H2;3*2-4,6-7,10-12H,1,5,8-9H2;2*9H,2-8H2,1H3;2,9H,1,3-8H2;8H,2-7H2,1H3;8*1H3;8*1H;;;;/q;;;;;;;;8*-1;;;;;;;;;4*+4/p-8. The van der Waals surface area contributed by atoms with Gasteiger partial charge in [-0.3, -0.25) is 0 Å². The van der Waals surface area contributed by atoms with Gasteiger partial charge in [0.15, 0.2) is 0 Å². The summed E-state index contributed by atoms with van der Waals surface area (Å²) in [7, 11) is 39.5. The molecule has 1 aromatic carbocycles. The molecule has 0 spiro atoms. The first-order valence-corrected chi connectivity index (χ1v) is 65.6. The molecular weight excluding hydrogens is 1810 g/mol. The quantitative estimate of drug-likeness (QED) is 0.0850. The predicted octanol–water partition coefficient (Wildman–Crippen LogP) is 36.7. The van der Waals surface area contributed by atoms with E-state index in [-0.39, 0.29) is 59.4 Å². The minimum absolute atomic E-state index is 0. The van der Waals surface area contributed by atoms with Gasteiger partial charge in [0.2, 0.25) is 0 Å². The Morgan fingerprint density at radius 2 is 0.569 bits per heavy atom. The summed E-state index contributed by atoms with van der Waals surface area (Å²) in [5.41, 5.74) is 1.49. The van der Waals surface area contributed by atoms with Crippen molar-refractivity contribution >= 4 is 68.1 Å². The molecule has 12 heteroatoms. The van der Waals surface area contributed by atoms with Crippen LogP contribution in [0.15, 0.2) is 178 Å². The third-order valence-corrected chi connectivity index (χ3v) is 23.4. The van der Waals surface area contributed by atoms with E-state index in [1.807, 2.05) is 6.08 Å². The van der Waals surface area contributed by atoms with E-state index in [1.165, 1.54) is 262 Å². The number of allylic oxidation sites excluding steroid dienone is 20. The normalized spacial score (nSPS) is 24.6. The molecule has 0 aliphatic heterocycles. The van der Waals surface area contributed by atoms with Crippen LogP contribution in [0.5, 0.6) is 0 Å². The van der Waals surface area contributed by atoms with E-state index in [0.717, 1.165) is 94.7 Å². The van der Waals surface area contributed by atoms with E-state index < -0.39 is 83.4 Å². The monoisotopic (exact) mass is 1970 g/mol. The molecule has 12 aliphatic carbocycles. The zero-order chi connectivity index (χ0) is 73.6. The third kappa shape index (κ3) is 58.5. The fourth-order valence-electron chi connectivity index (χ4n) is 18.2. The van der Waals surface area contributed by atoms with E-state index in [4.69, 9.17) is 68.1 Å². The van der Waals surface area contributed by atoms with Crippen molar-refractivity contribution in [3.63, 3.8) is 0 Å². The van der Waals surface area contributed by atoms with E-state index in [1.54, 1.807) is 0 Å². The van der Waals surface area contributed by atoms with Gasteiger partial charge in [0.1, 0.15) is 0 Å². The van der Waals surface area contributed by atoms with Crippen molar-refractivity contribution in [1.29, 1.82) is 0 Å². The Kier molecular flexibility index (Phi) is 99.9. The molecule has 622 valence electrons. The molecule has 0 aromatic heterocycles. The van der Waals surface area contributed by atoms with Crippen molar-refractivity contribution in [3.05, 3.63) is 243 Å². The molecule has 12 aliphatic rings. The van der Waals surface area contributed by atoms with Crippen molar-refractivity contribution < 1.29 is 83.4 Å². The minimum atomic E-state index is -0.826. The number of fused-ring (bicyclic) bond motifs is 4. The molecule has 0 heterocycles. The topological polar surface area (TPSA) is 0 Å². The number of hydrogen-bond donors (Lipinski definition) is 0. The van der Waals surface area contributed by atoms with Gasteiger partial charge in [0, 0.05) is 0 Å². The van der Waals surface area contributed by atoms with Crippen molar-refractivity contribution in [1.82, 2.24) is 0 Å². The first-order chi connectivity index (χ1) is 49.6. The van der Waals surface area contributed by atoms with Gasteiger partial charge in [0.25, 0.3) is 0 Å². The van der Waals surface area contributed by atoms with Gasteiger partial charge in [-0.25, -0.2) is 0 Å². The number of benzene rings is 1. The number of halogens is 8. The molecule has 0 nitrogen and oxygen atoms in total. The van der Waals surface area contributed by atoms with Gasteiger partial charge in [0.05, 0.1) is 0 Å². The summed E-state index contributed by atoms with van der Waals surface area (Å²) in [4.78, 5) is 0. The van der Waals surface area contributed by atoms with Crippen LogP contribution in [0.3, 0.4) is 0 Å². The first kappa shape index (κ1) is 124. The van der Waals surface area contributed by atoms with E-state index in [2.05, 4.69) is 193 Å². The van der Waals surface area contributed by atoms with Gasteiger partial charge in [-0.05, 0) is 203 Å². The van der Waals surface area contributed by atoms with Crippen LogP contribution < -0.4 is 0 Å². The molecule has 8 fully saturated rings. The number of unbranched alkanes of at least 4 members (excludes halogenated alkanes) is 2. The van der Waals surface area contributed by atoms with Crippen LogP contribution in [-0.4, -0.2) is 0 Å². The predicted molar refractivity (Wildman–Crippen MR) is 495 cm³/mol. The Morgan fingerprint density at radius 1 is 0.303 bits per heavy atom. The zero-order valence-electron chi connectivity index (χ0n) is 71.3. The number of hydrogen-bond acceptors (Lipinski definition) is 0. The van der Waals surface area contributed by atoms with Crippen LogP contribution in [0.2, 0.25) is 0 Å². The zero-order valence-corrected chi connectivity index (χ0v) is 87.2. The Morgan fingerprint density at radius 3 is 0.844 bits per heavy atom. The van der Waals surface area contributed by atoms with Crippen LogP contribution in [0.25, 0.3) is 0 Å². The van der Waals surface area contributed by atoms with Crippen LogP contribution in [0.1, 0.15) is 277 Å². The van der Waals surface area contributed by atoms with Crippen LogP contribution in [0, 0.1) is 154 Å². The molecule has 12 atom stereocenters. The van der Waals surface area contributed by atoms with Crippen molar-refractivity contribution in [2.45, 2.75) is 278 Å². The SMILES string of the molecule is C1=CC2CCC(CCCc3ccccc3)C2C=C1.C=CCC1CCC2C=CC=CC21.C=CCC1CCC2C=CC=CC21.C=CCC1CCC2C=CC=CC21.C=CCCC1CCCC1.CCCC1CCCC1.CCCCC1CCCC1.CCCCC1CCCC1.[CH3-].[CH3-].[CH3-].[CH3-].[CH3-].[CH3-].[CH3-].[CH3-].[Cl][Zr+2][Cl].[Cl][Zr+2][Cl].[Cl][Zr+2][Cl].[Cl][Zr+2][Cl]. The first-order valence-electron chi connectivity index (χ1n) is 40.3. The number of aryl methyl sites for hydroxylation is 1. The van der Waals surface area contributed by atoms with Gasteiger partial charge >= 0.3 is 151 Å². The summed E-state index contributed by atoms with van der Waals surface area (Å²) in [5, 5.41) is 0. The second-order valence-electron chi connectivity index (χ2n) is 30.2. The van der Waals surface area contributed by atoms with Gasteiger partial charge in [-0.2, -0.15) is 0 Å². The molecule has 109 heavy (non-hydrogen) atoms. The molecule has 0 saturated heterocycles. The van der Waals surface area contributed by atoms with Crippen LogP contribution in [-0.2, 0) is 89.8 Å². The second kappa shape index (κ2) is 87.8. The van der Waals surface area contributed by atoms with Crippen molar-refractivity contribution in [2.75, 3.05) is 0 Å². The maximum atomic E-state index is 4.93. The van der Waals surface area contributed by atoms with E-state index in [9.17, 15) is 0 Å². The molecule has 13 rings (SSSR count). The molecule has 8 saturated carbocycles. The van der Waals surface area contributed by atoms with Gasteiger partial charge in [-0.15, -0.1) is 26.3 Å². The number of rotatable bonds is 21. The summed E-state index contributed by atoms with van der Waals surface area (Å²) >= 11 is -3.30. The van der Waals surface area contributed by atoms with Gasteiger partial charge < -0.3 is 59.4 Å². The summed E-state index contributed by atoms with van der Waals surface area (Å²) in [6.07, 6.45) is 102. The molecule has 0 bridgehead atoms. The van der Waals surface area contributed by atoms with Crippen molar-refractivity contribution in [3.8, 4) is 0 Å². The van der Waals surface area contributed by atoms with E-state index in [0.29, 0.717) is 0 Å². The Balaban J connectivity index is -0.000000213. The summed E-state index contributed by atoms with van der Waals surface area (Å²) in [6, 6.07) is 10.9. The Labute approximate surface area is 757 Å². The maximum absolute atomic E-state index is 4.93. The summed E-state index contributed by atoms with van der Waals surface area (Å²) in [5.74, 6) is 14.5. The van der Waals surface area contributed by atoms with Crippen LogP contribution in [0.4, 0.5) is 0 Å². The Hall–Kier alpha value is 1.95. The molecule has 1 aromatic rings. The average Bonchev–Trinajstić information content (AvgIpc) is 1.74. The molecule has 0 amide bonds. The van der Waals surface area contributed by atoms with E-state index >= 15 is 0 Å². The molecule has 0 radical (unpaired) electrons. The van der Waals surface area contributed by atoms with Crippen molar-refractivity contribution in [2.24, 2.45) is 94.7 Å². The fourth-order valence-corrected chi connectivity index (χ4v) is 18.2. The van der Waals surface area contributed by atoms with Gasteiger partial charge in [-0.1, -0.05) is 327 Å². The molecule has 0 N–H and O–H groups in total. The molecular formula is C97H162Cl8Zr4. The fraction of sp³-hybridized carbons (Fsp3) is 0.608. The second-order valence-corrected chi connectivity index (χ2v) is 45.1. The summed E-state index contributed by atoms with van der Waals surface area (Å²) in [6.45, 7) is 22.0. The summed E-state index contributed by atoms with van der Waals surface area (Å²) < 4.78 is 0. The molecule has 12 unspecified atom stereocenters. The Bertz CT molecular complexity index is 2220. The van der Waals surface area contributed by atoms with Crippen LogP contribution >= 0.6 is 68.1 Å². The third-order valence-electron chi connectivity index (χ3n) is 23.4. The average molecular weight is 1980 g/mol.